The Hall–Kier alpha value is -2.12. The maximum atomic E-state index is 5.40. The molecule has 0 saturated carbocycles. The van der Waals surface area contributed by atoms with Gasteiger partial charge in [-0.2, -0.15) is 0 Å². The predicted octanol–water partition coefficient (Wildman–Crippen LogP) is 4.22. The van der Waals surface area contributed by atoms with Crippen LogP contribution in [0.1, 0.15) is 10.7 Å². The molecule has 2 heterocycles. The molecular formula is C17H17N3O2S2. The first-order valence-corrected chi connectivity index (χ1v) is 9.16. The summed E-state index contributed by atoms with van der Waals surface area (Å²) in [5.41, 5.74) is 2.68. The fourth-order valence-corrected chi connectivity index (χ4v) is 3.60. The minimum absolute atomic E-state index is 0.739. The molecule has 0 bridgehead atoms. The topological polar surface area (TPSA) is 57.1 Å². The van der Waals surface area contributed by atoms with Crippen molar-refractivity contribution in [1.29, 1.82) is 0 Å². The zero-order chi connectivity index (χ0) is 16.9. The average molecular weight is 359 g/mol. The van der Waals surface area contributed by atoms with Crippen LogP contribution in [0.25, 0.3) is 11.3 Å². The van der Waals surface area contributed by atoms with Gasteiger partial charge in [-0.3, -0.25) is 0 Å². The SMILES string of the molecule is COc1ccc(OC)c(-c2ccc(SCc3csc(C)n3)nn2)c1. The van der Waals surface area contributed by atoms with Crippen molar-refractivity contribution in [3.05, 3.63) is 46.4 Å². The molecule has 0 atom stereocenters. The van der Waals surface area contributed by atoms with Crippen molar-refractivity contribution in [2.24, 2.45) is 0 Å². The van der Waals surface area contributed by atoms with Crippen molar-refractivity contribution in [2.45, 2.75) is 17.7 Å². The lowest BCUT2D eigenvalue weighted by molar-refractivity contribution is 0.404. The van der Waals surface area contributed by atoms with E-state index in [1.165, 1.54) is 0 Å². The Labute approximate surface area is 149 Å². The number of hydrogen-bond donors (Lipinski definition) is 0. The first-order valence-electron chi connectivity index (χ1n) is 7.29. The minimum Gasteiger partial charge on any atom is -0.497 e. The summed E-state index contributed by atoms with van der Waals surface area (Å²) >= 11 is 3.28. The molecule has 0 amide bonds. The van der Waals surface area contributed by atoms with Gasteiger partial charge in [0.25, 0.3) is 0 Å². The molecule has 24 heavy (non-hydrogen) atoms. The molecule has 0 aliphatic carbocycles. The van der Waals surface area contributed by atoms with E-state index >= 15 is 0 Å². The number of rotatable bonds is 6. The van der Waals surface area contributed by atoms with Gasteiger partial charge in [0.1, 0.15) is 16.5 Å². The molecule has 0 radical (unpaired) electrons. The Kier molecular flexibility index (Phi) is 5.32. The van der Waals surface area contributed by atoms with E-state index in [9.17, 15) is 0 Å². The molecule has 0 spiro atoms. The monoisotopic (exact) mass is 359 g/mol. The quantitative estimate of drug-likeness (QED) is 0.614. The minimum atomic E-state index is 0.739. The van der Waals surface area contributed by atoms with E-state index in [1.807, 2.05) is 37.3 Å². The summed E-state index contributed by atoms with van der Waals surface area (Å²) in [6.07, 6.45) is 0. The number of methoxy groups -OCH3 is 2. The molecule has 2 aromatic heterocycles. The molecule has 1 aromatic carbocycles. The highest BCUT2D eigenvalue weighted by molar-refractivity contribution is 7.98. The van der Waals surface area contributed by atoms with Gasteiger partial charge in [0, 0.05) is 16.7 Å². The molecule has 3 aromatic rings. The van der Waals surface area contributed by atoms with Crippen LogP contribution >= 0.6 is 23.1 Å². The van der Waals surface area contributed by atoms with Gasteiger partial charge in [-0.1, -0.05) is 11.8 Å². The van der Waals surface area contributed by atoms with Crippen molar-refractivity contribution < 1.29 is 9.47 Å². The average Bonchev–Trinajstić information content (AvgIpc) is 3.05. The van der Waals surface area contributed by atoms with Gasteiger partial charge in [0.2, 0.25) is 0 Å². The molecule has 7 heteroatoms. The Morgan fingerprint density at radius 1 is 1.08 bits per heavy atom. The second-order valence-electron chi connectivity index (χ2n) is 4.97. The summed E-state index contributed by atoms with van der Waals surface area (Å²) in [6, 6.07) is 9.52. The first-order chi connectivity index (χ1) is 11.7. The maximum Gasteiger partial charge on any atom is 0.128 e. The van der Waals surface area contributed by atoms with E-state index in [0.717, 1.165) is 44.2 Å². The number of hydrogen-bond acceptors (Lipinski definition) is 7. The van der Waals surface area contributed by atoms with Crippen molar-refractivity contribution >= 4 is 23.1 Å². The third-order valence-corrected chi connectivity index (χ3v) is 5.13. The molecule has 0 aliphatic rings. The molecule has 3 rings (SSSR count). The predicted molar refractivity (Wildman–Crippen MR) is 97.0 cm³/mol. The third kappa shape index (κ3) is 3.85. The van der Waals surface area contributed by atoms with E-state index < -0.39 is 0 Å². The fraction of sp³-hybridized carbons (Fsp3) is 0.235. The highest BCUT2D eigenvalue weighted by Crippen LogP contribution is 2.32. The smallest absolute Gasteiger partial charge is 0.128 e. The molecule has 0 saturated heterocycles. The summed E-state index contributed by atoms with van der Waals surface area (Å²) in [6.45, 7) is 2.01. The van der Waals surface area contributed by atoms with E-state index in [1.54, 1.807) is 37.3 Å². The highest BCUT2D eigenvalue weighted by Gasteiger charge is 2.10. The Bertz CT molecular complexity index is 819. The second kappa shape index (κ2) is 7.63. The van der Waals surface area contributed by atoms with Gasteiger partial charge in [-0.15, -0.1) is 21.5 Å². The van der Waals surface area contributed by atoms with Crippen molar-refractivity contribution in [3.63, 3.8) is 0 Å². The van der Waals surface area contributed by atoms with Crippen LogP contribution in [0.3, 0.4) is 0 Å². The van der Waals surface area contributed by atoms with Gasteiger partial charge in [-0.05, 0) is 37.3 Å². The number of ether oxygens (including phenoxy) is 2. The van der Waals surface area contributed by atoms with Crippen LogP contribution < -0.4 is 9.47 Å². The van der Waals surface area contributed by atoms with Crippen LogP contribution in [0.2, 0.25) is 0 Å². The Morgan fingerprint density at radius 3 is 2.58 bits per heavy atom. The van der Waals surface area contributed by atoms with E-state index in [2.05, 4.69) is 20.6 Å². The number of aromatic nitrogens is 3. The summed E-state index contributed by atoms with van der Waals surface area (Å²) in [5.74, 6) is 2.29. The highest BCUT2D eigenvalue weighted by atomic mass is 32.2. The Balaban J connectivity index is 1.76. The first kappa shape index (κ1) is 16.7. The number of thioether (sulfide) groups is 1. The molecule has 0 N–H and O–H groups in total. The molecule has 0 aliphatic heterocycles. The van der Waals surface area contributed by atoms with Gasteiger partial charge < -0.3 is 9.47 Å². The summed E-state index contributed by atoms with van der Waals surface area (Å²) in [5, 5.41) is 12.6. The number of thiazole rings is 1. The van der Waals surface area contributed by atoms with Gasteiger partial charge in [0.05, 0.1) is 30.6 Å². The maximum absolute atomic E-state index is 5.40. The van der Waals surface area contributed by atoms with Crippen LogP contribution in [0.15, 0.2) is 40.7 Å². The third-order valence-electron chi connectivity index (χ3n) is 3.36. The van der Waals surface area contributed by atoms with E-state index in [-0.39, 0.29) is 0 Å². The zero-order valence-electron chi connectivity index (χ0n) is 13.6. The number of benzene rings is 1. The van der Waals surface area contributed by atoms with Gasteiger partial charge in [0.15, 0.2) is 0 Å². The van der Waals surface area contributed by atoms with Crippen molar-refractivity contribution in [1.82, 2.24) is 15.2 Å². The standard InChI is InChI=1S/C17H17N3O2S2/c1-11-18-12(9-23-11)10-24-17-7-5-15(19-20-17)14-8-13(21-2)4-6-16(14)22-3/h4-9H,10H2,1-3H3. The molecule has 5 nitrogen and oxygen atoms in total. The van der Waals surface area contributed by atoms with Crippen molar-refractivity contribution in [2.75, 3.05) is 14.2 Å². The fourth-order valence-electron chi connectivity index (χ4n) is 2.18. The Morgan fingerprint density at radius 2 is 1.96 bits per heavy atom. The molecule has 0 fully saturated rings. The lowest BCUT2D eigenvalue weighted by atomic mass is 10.1. The van der Waals surface area contributed by atoms with Gasteiger partial charge in [-0.25, -0.2) is 4.98 Å². The van der Waals surface area contributed by atoms with Crippen molar-refractivity contribution in [3.8, 4) is 22.8 Å². The van der Waals surface area contributed by atoms with Crippen LogP contribution in [-0.2, 0) is 5.75 Å². The summed E-state index contributed by atoms with van der Waals surface area (Å²) < 4.78 is 10.7. The van der Waals surface area contributed by atoms with Gasteiger partial charge >= 0.3 is 0 Å². The van der Waals surface area contributed by atoms with Crippen LogP contribution in [-0.4, -0.2) is 29.4 Å². The normalized spacial score (nSPS) is 10.6. The lowest BCUT2D eigenvalue weighted by Crippen LogP contribution is -1.94. The molecule has 0 unspecified atom stereocenters. The lowest BCUT2D eigenvalue weighted by Gasteiger charge is -2.09. The summed E-state index contributed by atoms with van der Waals surface area (Å²) in [7, 11) is 3.27. The van der Waals surface area contributed by atoms with Crippen LogP contribution in [0.5, 0.6) is 11.5 Å². The van der Waals surface area contributed by atoms with Crippen LogP contribution in [0, 0.1) is 6.92 Å². The number of nitrogens with zero attached hydrogens (tertiary/aromatic N) is 3. The largest absolute Gasteiger partial charge is 0.497 e. The van der Waals surface area contributed by atoms with E-state index in [4.69, 9.17) is 9.47 Å². The van der Waals surface area contributed by atoms with Crippen LogP contribution in [0.4, 0.5) is 0 Å². The second-order valence-corrected chi connectivity index (χ2v) is 7.03. The molecule has 124 valence electrons. The number of aryl methyl sites for hydroxylation is 1. The van der Waals surface area contributed by atoms with E-state index in [0.29, 0.717) is 0 Å². The summed E-state index contributed by atoms with van der Waals surface area (Å²) in [4.78, 5) is 4.45. The zero-order valence-corrected chi connectivity index (χ0v) is 15.3. The molecular weight excluding hydrogens is 342 g/mol.